The summed E-state index contributed by atoms with van der Waals surface area (Å²) in [6, 6.07) is 2.54. The Morgan fingerprint density at radius 1 is 1.04 bits per heavy atom. The summed E-state index contributed by atoms with van der Waals surface area (Å²) in [4.78, 5) is 14.5. The molecule has 0 aromatic carbocycles. The first-order chi connectivity index (χ1) is 13.8. The van der Waals surface area contributed by atoms with Gasteiger partial charge in [-0.3, -0.25) is 0 Å². The Labute approximate surface area is 172 Å². The lowest BCUT2D eigenvalue weighted by Crippen LogP contribution is -2.44. The molecule has 2 fully saturated rings. The Balaban J connectivity index is 1.55. The highest BCUT2D eigenvalue weighted by Crippen LogP contribution is 2.21. The minimum atomic E-state index is 0.469. The summed E-state index contributed by atoms with van der Waals surface area (Å²) in [5.41, 5.74) is 0. The topological polar surface area (TPSA) is 44.3 Å². The Morgan fingerprint density at radius 2 is 1.79 bits per heavy atom. The number of nitrogens with one attached hydrogen (secondary N) is 1. The third-order valence-electron chi connectivity index (χ3n) is 6.32. The van der Waals surface area contributed by atoms with E-state index in [0.717, 1.165) is 37.3 Å². The molecule has 0 saturated carbocycles. The predicted molar refractivity (Wildman–Crippen MR) is 119 cm³/mol. The third-order valence-corrected chi connectivity index (χ3v) is 6.32. The van der Waals surface area contributed by atoms with Crippen molar-refractivity contribution in [3.63, 3.8) is 0 Å². The lowest BCUT2D eigenvalue weighted by atomic mass is 9.96. The van der Waals surface area contributed by atoms with Crippen LogP contribution in [0.4, 0.5) is 11.8 Å². The molecular formula is C23H41N5. The van der Waals surface area contributed by atoms with Crippen LogP contribution >= 0.6 is 0 Å². The van der Waals surface area contributed by atoms with Crippen molar-refractivity contribution in [2.75, 3.05) is 42.9 Å². The fourth-order valence-electron chi connectivity index (χ4n) is 4.92. The highest BCUT2D eigenvalue weighted by molar-refractivity contribution is 5.43. The molecule has 28 heavy (non-hydrogen) atoms. The van der Waals surface area contributed by atoms with Crippen LogP contribution in [0.3, 0.4) is 0 Å². The van der Waals surface area contributed by atoms with Crippen LogP contribution in [0.1, 0.15) is 78.1 Å². The van der Waals surface area contributed by atoms with Crippen LogP contribution in [0.25, 0.3) is 0 Å². The standard InChI is InChI=1S/C23H41N5/c1-3-10-20(11-4-2)18-27-15-9-12-21(19-27)25-23-24-14-13-22(26-23)28-16-7-5-6-8-17-28/h13-14,20-21H,3-12,15-19H2,1-2H3,(H,24,25,26). The Bertz CT molecular complexity index is 550. The van der Waals surface area contributed by atoms with E-state index in [1.165, 1.54) is 77.3 Å². The molecule has 0 amide bonds. The van der Waals surface area contributed by atoms with E-state index in [-0.39, 0.29) is 0 Å². The van der Waals surface area contributed by atoms with Gasteiger partial charge in [-0.2, -0.15) is 4.98 Å². The van der Waals surface area contributed by atoms with Gasteiger partial charge in [0.1, 0.15) is 5.82 Å². The monoisotopic (exact) mass is 387 g/mol. The highest BCUT2D eigenvalue weighted by atomic mass is 15.2. The summed E-state index contributed by atoms with van der Waals surface area (Å²) in [7, 11) is 0. The van der Waals surface area contributed by atoms with E-state index in [2.05, 4.69) is 40.0 Å². The highest BCUT2D eigenvalue weighted by Gasteiger charge is 2.23. The normalized spacial score (nSPS) is 21.7. The second-order valence-corrected chi connectivity index (χ2v) is 8.83. The molecule has 3 heterocycles. The molecule has 0 bridgehead atoms. The zero-order chi connectivity index (χ0) is 19.6. The largest absolute Gasteiger partial charge is 0.356 e. The SMILES string of the molecule is CCCC(CCC)CN1CCCC(Nc2nccc(N3CCCCCC3)n2)C1. The molecule has 0 aliphatic carbocycles. The van der Waals surface area contributed by atoms with E-state index >= 15 is 0 Å². The zero-order valence-electron chi connectivity index (χ0n) is 18.2. The van der Waals surface area contributed by atoms with Crippen molar-refractivity contribution < 1.29 is 0 Å². The van der Waals surface area contributed by atoms with Crippen LogP contribution in [0.15, 0.2) is 12.3 Å². The first kappa shape index (κ1) is 21.4. The smallest absolute Gasteiger partial charge is 0.224 e. The van der Waals surface area contributed by atoms with Gasteiger partial charge in [-0.05, 0) is 57.1 Å². The lowest BCUT2D eigenvalue weighted by molar-refractivity contribution is 0.176. The quantitative estimate of drug-likeness (QED) is 0.649. The molecule has 1 aromatic heterocycles. The number of likely N-dealkylation sites (tertiary alicyclic amines) is 1. The second-order valence-electron chi connectivity index (χ2n) is 8.83. The fraction of sp³-hybridized carbons (Fsp3) is 0.826. The van der Waals surface area contributed by atoms with Gasteiger partial charge in [0, 0.05) is 38.4 Å². The van der Waals surface area contributed by atoms with Crippen LogP contribution in [0.5, 0.6) is 0 Å². The maximum absolute atomic E-state index is 4.86. The van der Waals surface area contributed by atoms with Gasteiger partial charge in [0.25, 0.3) is 0 Å². The van der Waals surface area contributed by atoms with Gasteiger partial charge in [-0.1, -0.05) is 39.5 Å². The summed E-state index contributed by atoms with van der Waals surface area (Å²) in [6.07, 6.45) is 15.0. The van der Waals surface area contributed by atoms with Crippen LogP contribution in [-0.4, -0.2) is 53.6 Å². The molecule has 1 atom stereocenters. The van der Waals surface area contributed by atoms with Gasteiger partial charge in [0.05, 0.1) is 0 Å². The summed E-state index contributed by atoms with van der Waals surface area (Å²) in [5, 5.41) is 3.65. The Morgan fingerprint density at radius 3 is 2.50 bits per heavy atom. The number of piperidine rings is 1. The van der Waals surface area contributed by atoms with E-state index in [4.69, 9.17) is 4.98 Å². The van der Waals surface area contributed by atoms with Crippen molar-refractivity contribution in [3.8, 4) is 0 Å². The molecule has 158 valence electrons. The number of anilines is 2. The van der Waals surface area contributed by atoms with E-state index in [0.29, 0.717) is 6.04 Å². The molecule has 0 spiro atoms. The van der Waals surface area contributed by atoms with Crippen LogP contribution in [0, 0.1) is 5.92 Å². The van der Waals surface area contributed by atoms with Crippen LogP contribution in [-0.2, 0) is 0 Å². The second kappa shape index (κ2) is 11.6. The minimum Gasteiger partial charge on any atom is -0.356 e. The van der Waals surface area contributed by atoms with Crippen LogP contribution < -0.4 is 10.2 Å². The van der Waals surface area contributed by atoms with Crippen molar-refractivity contribution in [1.29, 1.82) is 0 Å². The van der Waals surface area contributed by atoms with E-state index < -0.39 is 0 Å². The third kappa shape index (κ3) is 6.61. The molecular weight excluding hydrogens is 346 g/mol. The fourth-order valence-corrected chi connectivity index (χ4v) is 4.92. The van der Waals surface area contributed by atoms with Gasteiger partial charge in [-0.25, -0.2) is 4.98 Å². The lowest BCUT2D eigenvalue weighted by Gasteiger charge is -2.35. The molecule has 2 aliphatic rings. The molecule has 1 N–H and O–H groups in total. The first-order valence-corrected chi connectivity index (χ1v) is 11.8. The van der Waals surface area contributed by atoms with Gasteiger partial charge in [-0.15, -0.1) is 0 Å². The van der Waals surface area contributed by atoms with Crippen molar-refractivity contribution in [1.82, 2.24) is 14.9 Å². The molecule has 5 heteroatoms. The van der Waals surface area contributed by atoms with E-state index in [1.54, 1.807) is 0 Å². The summed E-state index contributed by atoms with van der Waals surface area (Å²) in [5.74, 6) is 2.77. The molecule has 5 nitrogen and oxygen atoms in total. The number of hydrogen-bond acceptors (Lipinski definition) is 5. The molecule has 3 rings (SSSR count). The Kier molecular flexibility index (Phi) is 8.84. The van der Waals surface area contributed by atoms with Crippen LogP contribution in [0.2, 0.25) is 0 Å². The van der Waals surface area contributed by atoms with E-state index in [1.807, 2.05) is 6.20 Å². The van der Waals surface area contributed by atoms with Crippen molar-refractivity contribution in [2.24, 2.45) is 5.92 Å². The molecule has 2 aliphatic heterocycles. The summed E-state index contributed by atoms with van der Waals surface area (Å²) < 4.78 is 0. The van der Waals surface area contributed by atoms with Gasteiger partial charge >= 0.3 is 0 Å². The van der Waals surface area contributed by atoms with Gasteiger partial charge < -0.3 is 15.1 Å². The van der Waals surface area contributed by atoms with E-state index in [9.17, 15) is 0 Å². The number of aromatic nitrogens is 2. The van der Waals surface area contributed by atoms with Crippen molar-refractivity contribution in [2.45, 2.75) is 84.1 Å². The molecule has 1 unspecified atom stereocenters. The average molecular weight is 388 g/mol. The van der Waals surface area contributed by atoms with Gasteiger partial charge in [0.2, 0.25) is 5.95 Å². The van der Waals surface area contributed by atoms with Gasteiger partial charge in [0.15, 0.2) is 0 Å². The van der Waals surface area contributed by atoms with Crippen molar-refractivity contribution >= 4 is 11.8 Å². The minimum absolute atomic E-state index is 0.469. The molecule has 1 aromatic rings. The average Bonchev–Trinajstić information content (AvgIpc) is 2.98. The first-order valence-electron chi connectivity index (χ1n) is 11.8. The Hall–Kier alpha value is -1.36. The maximum atomic E-state index is 4.86. The number of rotatable bonds is 9. The maximum Gasteiger partial charge on any atom is 0.224 e. The number of hydrogen-bond donors (Lipinski definition) is 1. The number of nitrogens with zero attached hydrogens (tertiary/aromatic N) is 4. The molecule has 2 saturated heterocycles. The zero-order valence-corrected chi connectivity index (χ0v) is 18.2. The van der Waals surface area contributed by atoms with Crippen molar-refractivity contribution in [3.05, 3.63) is 12.3 Å². The summed E-state index contributed by atoms with van der Waals surface area (Å²) in [6.45, 7) is 10.5. The predicted octanol–water partition coefficient (Wildman–Crippen LogP) is 4.95. The molecule has 0 radical (unpaired) electrons. The summed E-state index contributed by atoms with van der Waals surface area (Å²) >= 11 is 0.